The summed E-state index contributed by atoms with van der Waals surface area (Å²) in [6, 6.07) is 8.58. The summed E-state index contributed by atoms with van der Waals surface area (Å²) >= 11 is 3.20. The second kappa shape index (κ2) is 7.06. The first kappa shape index (κ1) is 16.7. The van der Waals surface area contributed by atoms with Crippen molar-refractivity contribution in [2.45, 2.75) is 0 Å². The molecule has 0 amide bonds. The molecule has 1 N–H and O–H groups in total. The molecule has 23 heavy (non-hydrogen) atoms. The van der Waals surface area contributed by atoms with Gasteiger partial charge < -0.3 is 9.84 Å². The van der Waals surface area contributed by atoms with Crippen molar-refractivity contribution in [1.82, 2.24) is 0 Å². The molecule has 0 saturated carbocycles. The number of nitro benzene ring substituents is 1. The Morgan fingerprint density at radius 2 is 1.96 bits per heavy atom. The number of phenols is 1. The first-order valence-corrected chi connectivity index (χ1v) is 7.25. The molecule has 0 heterocycles. The van der Waals surface area contributed by atoms with Gasteiger partial charge in [-0.1, -0.05) is 6.08 Å². The number of carbonyl (C=O) groups excluding carboxylic acids is 1. The molecule has 6 nitrogen and oxygen atoms in total. The number of hydrogen-bond acceptors (Lipinski definition) is 5. The average molecular weight is 378 g/mol. The fraction of sp³-hybridized carbons (Fsp3) is 0.0625. The molecule has 7 heteroatoms. The van der Waals surface area contributed by atoms with E-state index in [1.807, 2.05) is 0 Å². The zero-order valence-corrected chi connectivity index (χ0v) is 13.6. The number of non-ortho nitro benzene ring substituents is 1. The van der Waals surface area contributed by atoms with Crippen LogP contribution in [0.5, 0.6) is 11.5 Å². The van der Waals surface area contributed by atoms with Gasteiger partial charge in [-0.15, -0.1) is 0 Å². The number of methoxy groups -OCH3 is 1. The molecule has 0 aliphatic carbocycles. The molecular weight excluding hydrogens is 366 g/mol. The minimum absolute atomic E-state index is 0.0219. The number of ketones is 1. The van der Waals surface area contributed by atoms with Crippen LogP contribution in [0.4, 0.5) is 5.69 Å². The van der Waals surface area contributed by atoms with Crippen molar-refractivity contribution in [3.8, 4) is 11.5 Å². The van der Waals surface area contributed by atoms with E-state index in [0.29, 0.717) is 15.6 Å². The van der Waals surface area contributed by atoms with Crippen LogP contribution in [0.25, 0.3) is 6.08 Å². The van der Waals surface area contributed by atoms with Crippen LogP contribution in [0.3, 0.4) is 0 Å². The summed E-state index contributed by atoms with van der Waals surface area (Å²) in [4.78, 5) is 22.1. The Balaban J connectivity index is 2.21. The lowest BCUT2D eigenvalue weighted by Gasteiger charge is -2.06. The van der Waals surface area contributed by atoms with Crippen molar-refractivity contribution in [3.63, 3.8) is 0 Å². The van der Waals surface area contributed by atoms with Crippen molar-refractivity contribution in [3.05, 3.63) is 68.2 Å². The molecule has 0 aromatic heterocycles. The van der Waals surface area contributed by atoms with Gasteiger partial charge in [0.1, 0.15) is 0 Å². The minimum atomic E-state index is -0.523. The van der Waals surface area contributed by atoms with Crippen molar-refractivity contribution in [2.75, 3.05) is 7.11 Å². The quantitative estimate of drug-likeness (QED) is 0.368. The molecule has 0 aliphatic rings. The topological polar surface area (TPSA) is 89.7 Å². The van der Waals surface area contributed by atoms with Gasteiger partial charge in [0.05, 0.1) is 16.5 Å². The second-order valence-corrected chi connectivity index (χ2v) is 5.41. The van der Waals surface area contributed by atoms with Crippen LogP contribution >= 0.6 is 15.9 Å². The SMILES string of the molecule is COc1cc(C=CC(=O)c2ccc([N+](=O)[O-])cc2)cc(Br)c1O. The lowest BCUT2D eigenvalue weighted by atomic mass is 10.1. The third kappa shape index (κ3) is 3.95. The first-order valence-electron chi connectivity index (χ1n) is 6.45. The Kier molecular flexibility index (Phi) is 5.13. The van der Waals surface area contributed by atoms with Gasteiger partial charge in [-0.2, -0.15) is 0 Å². The summed E-state index contributed by atoms with van der Waals surface area (Å²) in [5, 5.41) is 20.3. The zero-order chi connectivity index (χ0) is 17.0. The number of carbonyl (C=O) groups is 1. The maximum atomic E-state index is 12.1. The van der Waals surface area contributed by atoms with E-state index < -0.39 is 4.92 Å². The number of benzene rings is 2. The molecule has 118 valence electrons. The molecular formula is C16H12BrNO5. The van der Waals surface area contributed by atoms with Crippen molar-refractivity contribution in [1.29, 1.82) is 0 Å². The van der Waals surface area contributed by atoms with Crippen LogP contribution in [0, 0.1) is 10.1 Å². The van der Waals surface area contributed by atoms with Gasteiger partial charge in [0.2, 0.25) is 0 Å². The Bertz CT molecular complexity index is 784. The summed E-state index contributed by atoms with van der Waals surface area (Å²) in [6.45, 7) is 0. The summed E-state index contributed by atoms with van der Waals surface area (Å²) < 4.78 is 5.47. The van der Waals surface area contributed by atoms with Crippen molar-refractivity contribution in [2.24, 2.45) is 0 Å². The van der Waals surface area contributed by atoms with Crippen LogP contribution in [-0.2, 0) is 0 Å². The third-order valence-corrected chi connectivity index (χ3v) is 3.66. The van der Waals surface area contributed by atoms with Crippen LogP contribution < -0.4 is 4.74 Å². The smallest absolute Gasteiger partial charge is 0.269 e. The Morgan fingerprint density at radius 1 is 1.30 bits per heavy atom. The number of nitro groups is 1. The van der Waals surface area contributed by atoms with E-state index in [1.165, 1.54) is 37.5 Å². The third-order valence-electron chi connectivity index (χ3n) is 3.06. The van der Waals surface area contributed by atoms with Gasteiger partial charge in [0.15, 0.2) is 17.3 Å². The Hall–Kier alpha value is -2.67. The number of aromatic hydroxyl groups is 1. The maximum absolute atomic E-state index is 12.1. The standard InChI is InChI=1S/C16H12BrNO5/c1-23-15-9-10(8-13(17)16(15)20)2-7-14(19)11-3-5-12(6-4-11)18(21)22/h2-9,20H,1H3. The molecule has 0 radical (unpaired) electrons. The van der Waals surface area contributed by atoms with E-state index >= 15 is 0 Å². The van der Waals surface area contributed by atoms with Crippen LogP contribution in [0.2, 0.25) is 0 Å². The van der Waals surface area contributed by atoms with Gasteiger partial charge in [0, 0.05) is 17.7 Å². The molecule has 0 unspecified atom stereocenters. The monoisotopic (exact) mass is 377 g/mol. The van der Waals surface area contributed by atoms with Gasteiger partial charge >= 0.3 is 0 Å². The maximum Gasteiger partial charge on any atom is 0.269 e. The lowest BCUT2D eigenvalue weighted by Crippen LogP contribution is -1.95. The van der Waals surface area contributed by atoms with Crippen LogP contribution in [0.1, 0.15) is 15.9 Å². The first-order chi connectivity index (χ1) is 10.9. The highest BCUT2D eigenvalue weighted by molar-refractivity contribution is 9.10. The minimum Gasteiger partial charge on any atom is -0.503 e. The van der Waals surface area contributed by atoms with E-state index in [9.17, 15) is 20.0 Å². The van der Waals surface area contributed by atoms with E-state index in [0.717, 1.165) is 0 Å². The zero-order valence-electron chi connectivity index (χ0n) is 12.0. The molecule has 0 atom stereocenters. The summed E-state index contributed by atoms with van der Waals surface area (Å²) in [6.07, 6.45) is 2.91. The predicted molar refractivity (Wildman–Crippen MR) is 88.8 cm³/mol. The van der Waals surface area contributed by atoms with Gasteiger partial charge in [0.25, 0.3) is 5.69 Å². The summed E-state index contributed by atoms with van der Waals surface area (Å²) in [7, 11) is 1.43. The Morgan fingerprint density at radius 3 is 2.52 bits per heavy atom. The van der Waals surface area contributed by atoms with Crippen LogP contribution in [0.15, 0.2) is 46.9 Å². The average Bonchev–Trinajstić information content (AvgIpc) is 2.55. The van der Waals surface area contributed by atoms with Crippen molar-refractivity contribution < 1.29 is 19.6 Å². The number of ether oxygens (including phenoxy) is 1. The highest BCUT2D eigenvalue weighted by Gasteiger charge is 2.09. The van der Waals surface area contributed by atoms with E-state index in [2.05, 4.69) is 15.9 Å². The van der Waals surface area contributed by atoms with Gasteiger partial charge in [-0.05, 0) is 51.8 Å². The van der Waals surface area contributed by atoms with Crippen LogP contribution in [-0.4, -0.2) is 22.9 Å². The lowest BCUT2D eigenvalue weighted by molar-refractivity contribution is -0.384. The largest absolute Gasteiger partial charge is 0.503 e. The normalized spacial score (nSPS) is 10.7. The fourth-order valence-electron chi connectivity index (χ4n) is 1.86. The molecule has 0 fully saturated rings. The molecule has 2 rings (SSSR count). The van der Waals surface area contributed by atoms with Gasteiger partial charge in [-0.25, -0.2) is 0 Å². The molecule has 0 spiro atoms. The summed E-state index contributed by atoms with van der Waals surface area (Å²) in [5.41, 5.74) is 0.927. The second-order valence-electron chi connectivity index (χ2n) is 4.56. The fourth-order valence-corrected chi connectivity index (χ4v) is 2.32. The van der Waals surface area contributed by atoms with E-state index in [4.69, 9.17) is 4.74 Å². The number of halogens is 1. The van der Waals surface area contributed by atoms with Crippen molar-refractivity contribution >= 4 is 33.5 Å². The molecule has 0 saturated heterocycles. The molecule has 0 bridgehead atoms. The number of phenolic OH excluding ortho intramolecular Hbond substituents is 1. The molecule has 2 aromatic rings. The Labute approximate surface area is 140 Å². The summed E-state index contributed by atoms with van der Waals surface area (Å²) in [5.74, 6) is -0.0313. The highest BCUT2D eigenvalue weighted by Crippen LogP contribution is 2.35. The number of rotatable bonds is 5. The number of hydrogen-bond donors (Lipinski definition) is 1. The van der Waals surface area contributed by atoms with Gasteiger partial charge in [-0.3, -0.25) is 14.9 Å². The number of nitrogens with zero attached hydrogens (tertiary/aromatic N) is 1. The predicted octanol–water partition coefficient (Wildman–Crippen LogP) is 3.97. The highest BCUT2D eigenvalue weighted by atomic mass is 79.9. The van der Waals surface area contributed by atoms with E-state index in [1.54, 1.807) is 18.2 Å². The molecule has 2 aromatic carbocycles. The van der Waals surface area contributed by atoms with E-state index in [-0.39, 0.29) is 23.0 Å². The molecule has 0 aliphatic heterocycles. The number of allylic oxidation sites excluding steroid dienone is 1.